The maximum atomic E-state index is 13.2. The fourth-order valence-electron chi connectivity index (χ4n) is 4.25. The van der Waals surface area contributed by atoms with Crippen molar-refractivity contribution in [2.75, 3.05) is 20.2 Å². The van der Waals surface area contributed by atoms with Crippen molar-refractivity contribution in [3.8, 4) is 5.75 Å². The summed E-state index contributed by atoms with van der Waals surface area (Å²) in [5.41, 5.74) is 3.54. The van der Waals surface area contributed by atoms with E-state index in [1.165, 1.54) is 11.1 Å². The molecular weight excluding hydrogens is 352 g/mol. The van der Waals surface area contributed by atoms with Gasteiger partial charge >= 0.3 is 0 Å². The molecule has 0 saturated carbocycles. The van der Waals surface area contributed by atoms with Crippen molar-refractivity contribution in [2.45, 2.75) is 32.4 Å². The molecule has 0 aromatic heterocycles. The second-order valence-electron chi connectivity index (χ2n) is 7.60. The maximum Gasteiger partial charge on any atom is 0.227 e. The van der Waals surface area contributed by atoms with E-state index in [9.17, 15) is 9.59 Å². The molecule has 146 valence electrons. The fraction of sp³-hybridized carbons (Fsp3) is 0.391. The Labute approximate surface area is 165 Å². The highest BCUT2D eigenvalue weighted by atomic mass is 16.5. The first-order chi connectivity index (χ1) is 13.7. The van der Waals surface area contributed by atoms with Crippen LogP contribution in [0.15, 0.2) is 48.5 Å². The van der Waals surface area contributed by atoms with Crippen LogP contribution in [0.3, 0.4) is 0 Å². The minimum Gasteiger partial charge on any atom is -0.496 e. The third kappa shape index (κ3) is 3.75. The first-order valence-electron chi connectivity index (χ1n) is 9.91. The average molecular weight is 378 g/mol. The summed E-state index contributed by atoms with van der Waals surface area (Å²) in [6, 6.07) is 16.1. The van der Waals surface area contributed by atoms with Gasteiger partial charge in [-0.05, 0) is 30.0 Å². The number of para-hydroxylation sites is 1. The second kappa shape index (κ2) is 8.05. The van der Waals surface area contributed by atoms with E-state index in [1.807, 2.05) is 40.1 Å². The average Bonchev–Trinajstić information content (AvgIpc) is 2.74. The third-order valence-electron chi connectivity index (χ3n) is 5.85. The lowest BCUT2D eigenvalue weighted by Crippen LogP contribution is -2.47. The SMILES string of the molecule is COc1ccccc1CN1CC(C(=O)N2CCc3ccccc3C2)CCC1=O. The van der Waals surface area contributed by atoms with Crippen LogP contribution < -0.4 is 4.74 Å². The lowest BCUT2D eigenvalue weighted by atomic mass is 9.93. The van der Waals surface area contributed by atoms with E-state index in [-0.39, 0.29) is 17.7 Å². The molecule has 2 heterocycles. The topological polar surface area (TPSA) is 49.9 Å². The molecule has 2 aliphatic heterocycles. The summed E-state index contributed by atoms with van der Waals surface area (Å²) in [5.74, 6) is 0.931. The second-order valence-corrected chi connectivity index (χ2v) is 7.60. The Bertz CT molecular complexity index is 880. The highest BCUT2D eigenvalue weighted by Gasteiger charge is 2.34. The van der Waals surface area contributed by atoms with E-state index < -0.39 is 0 Å². The molecule has 0 aliphatic carbocycles. The molecular formula is C23H26N2O3. The zero-order valence-electron chi connectivity index (χ0n) is 16.3. The number of fused-ring (bicyclic) bond motifs is 1. The van der Waals surface area contributed by atoms with Crippen LogP contribution in [0.4, 0.5) is 0 Å². The molecule has 1 atom stereocenters. The molecule has 0 N–H and O–H groups in total. The van der Waals surface area contributed by atoms with Crippen LogP contribution in [0.25, 0.3) is 0 Å². The molecule has 0 bridgehead atoms. The van der Waals surface area contributed by atoms with Gasteiger partial charge in [-0.1, -0.05) is 42.5 Å². The number of carbonyl (C=O) groups is 2. The van der Waals surface area contributed by atoms with Crippen LogP contribution >= 0.6 is 0 Å². The summed E-state index contributed by atoms with van der Waals surface area (Å²) in [7, 11) is 1.64. The normalized spacial score (nSPS) is 19.3. The summed E-state index contributed by atoms with van der Waals surface area (Å²) in [6.45, 7) is 2.39. The summed E-state index contributed by atoms with van der Waals surface area (Å²) < 4.78 is 5.41. The standard InChI is InChI=1S/C23H26N2O3/c1-28-21-9-5-4-8-19(21)15-25-16-20(10-11-22(25)26)23(27)24-13-12-17-6-2-3-7-18(17)14-24/h2-9,20H,10-16H2,1H3. The van der Waals surface area contributed by atoms with Crippen LogP contribution in [0, 0.1) is 5.92 Å². The number of nitrogens with zero attached hydrogens (tertiary/aromatic N) is 2. The Morgan fingerprint density at radius 3 is 2.64 bits per heavy atom. The fourth-order valence-corrected chi connectivity index (χ4v) is 4.25. The van der Waals surface area contributed by atoms with Crippen LogP contribution in [0.5, 0.6) is 5.75 Å². The Kier molecular flexibility index (Phi) is 5.33. The van der Waals surface area contributed by atoms with Crippen LogP contribution in [-0.2, 0) is 29.1 Å². The third-order valence-corrected chi connectivity index (χ3v) is 5.85. The van der Waals surface area contributed by atoms with E-state index in [2.05, 4.69) is 18.2 Å². The molecule has 5 heteroatoms. The van der Waals surface area contributed by atoms with E-state index in [4.69, 9.17) is 4.74 Å². The van der Waals surface area contributed by atoms with Crippen LogP contribution in [-0.4, -0.2) is 41.8 Å². The van der Waals surface area contributed by atoms with Gasteiger partial charge in [0, 0.05) is 38.2 Å². The summed E-state index contributed by atoms with van der Waals surface area (Å²) >= 11 is 0. The van der Waals surface area contributed by atoms with Gasteiger partial charge in [0.1, 0.15) is 5.75 Å². The van der Waals surface area contributed by atoms with E-state index in [1.54, 1.807) is 7.11 Å². The van der Waals surface area contributed by atoms with Crippen molar-refractivity contribution < 1.29 is 14.3 Å². The van der Waals surface area contributed by atoms with Gasteiger partial charge in [-0.2, -0.15) is 0 Å². The number of benzene rings is 2. The Morgan fingerprint density at radius 2 is 1.82 bits per heavy atom. The Hall–Kier alpha value is -2.82. The summed E-state index contributed by atoms with van der Waals surface area (Å²) in [6.07, 6.45) is 1.96. The molecule has 2 aliphatic rings. The highest BCUT2D eigenvalue weighted by Crippen LogP contribution is 2.27. The molecule has 2 aromatic rings. The predicted molar refractivity (Wildman–Crippen MR) is 107 cm³/mol. The highest BCUT2D eigenvalue weighted by molar-refractivity contribution is 5.84. The van der Waals surface area contributed by atoms with Gasteiger partial charge in [0.2, 0.25) is 11.8 Å². The largest absolute Gasteiger partial charge is 0.496 e. The van der Waals surface area contributed by atoms with Gasteiger partial charge in [0.05, 0.1) is 13.0 Å². The van der Waals surface area contributed by atoms with E-state index in [0.29, 0.717) is 32.5 Å². The number of piperidine rings is 1. The molecule has 28 heavy (non-hydrogen) atoms. The zero-order chi connectivity index (χ0) is 19.5. The molecule has 0 spiro atoms. The van der Waals surface area contributed by atoms with Gasteiger partial charge in [0.15, 0.2) is 0 Å². The molecule has 0 radical (unpaired) electrons. The monoisotopic (exact) mass is 378 g/mol. The van der Waals surface area contributed by atoms with E-state index in [0.717, 1.165) is 24.3 Å². The van der Waals surface area contributed by atoms with Gasteiger partial charge < -0.3 is 14.5 Å². The van der Waals surface area contributed by atoms with Crippen molar-refractivity contribution in [2.24, 2.45) is 5.92 Å². The minimum atomic E-state index is -0.127. The number of methoxy groups -OCH3 is 1. The van der Waals surface area contributed by atoms with Crippen molar-refractivity contribution in [1.29, 1.82) is 0 Å². The first kappa shape index (κ1) is 18.5. The minimum absolute atomic E-state index is 0.110. The molecule has 1 unspecified atom stereocenters. The Balaban J connectivity index is 1.44. The predicted octanol–water partition coefficient (Wildman–Crippen LogP) is 3.02. The number of carbonyl (C=O) groups excluding carboxylic acids is 2. The summed E-state index contributed by atoms with van der Waals surface area (Å²) in [5, 5.41) is 0. The van der Waals surface area contributed by atoms with E-state index >= 15 is 0 Å². The molecule has 1 fully saturated rings. The maximum absolute atomic E-state index is 13.2. The first-order valence-corrected chi connectivity index (χ1v) is 9.91. The van der Waals surface area contributed by atoms with Gasteiger partial charge in [-0.15, -0.1) is 0 Å². The zero-order valence-corrected chi connectivity index (χ0v) is 16.3. The lowest BCUT2D eigenvalue weighted by Gasteiger charge is -2.36. The van der Waals surface area contributed by atoms with Crippen molar-refractivity contribution in [3.63, 3.8) is 0 Å². The molecule has 2 aromatic carbocycles. The number of rotatable bonds is 4. The van der Waals surface area contributed by atoms with Crippen molar-refractivity contribution in [1.82, 2.24) is 9.80 Å². The van der Waals surface area contributed by atoms with Crippen LogP contribution in [0.1, 0.15) is 29.5 Å². The number of hydrogen-bond donors (Lipinski definition) is 0. The number of likely N-dealkylation sites (tertiary alicyclic amines) is 1. The number of ether oxygens (including phenoxy) is 1. The molecule has 1 saturated heterocycles. The lowest BCUT2D eigenvalue weighted by molar-refractivity contribution is -0.144. The van der Waals surface area contributed by atoms with Gasteiger partial charge in [-0.3, -0.25) is 9.59 Å². The van der Waals surface area contributed by atoms with Crippen molar-refractivity contribution >= 4 is 11.8 Å². The smallest absolute Gasteiger partial charge is 0.227 e. The number of amides is 2. The quantitative estimate of drug-likeness (QED) is 0.822. The molecule has 4 rings (SSSR count). The molecule has 2 amide bonds. The van der Waals surface area contributed by atoms with Crippen molar-refractivity contribution in [3.05, 3.63) is 65.2 Å². The Morgan fingerprint density at radius 1 is 1.07 bits per heavy atom. The van der Waals surface area contributed by atoms with Gasteiger partial charge in [0.25, 0.3) is 0 Å². The summed E-state index contributed by atoms with van der Waals surface area (Å²) in [4.78, 5) is 29.4. The molecule has 5 nitrogen and oxygen atoms in total. The van der Waals surface area contributed by atoms with Crippen LogP contribution in [0.2, 0.25) is 0 Å². The van der Waals surface area contributed by atoms with Gasteiger partial charge in [-0.25, -0.2) is 0 Å². The number of hydrogen-bond acceptors (Lipinski definition) is 3.